The van der Waals surface area contributed by atoms with Crippen LogP contribution in [-0.2, 0) is 19.4 Å². The fourth-order valence-corrected chi connectivity index (χ4v) is 1.25. The van der Waals surface area contributed by atoms with Gasteiger partial charge in [-0.1, -0.05) is 0 Å². The molecule has 9 heavy (non-hydrogen) atoms. The van der Waals surface area contributed by atoms with E-state index in [2.05, 4.69) is 9.38 Å². The fourth-order valence-electron chi connectivity index (χ4n) is 0.442. The van der Waals surface area contributed by atoms with Crippen LogP contribution in [0.4, 0.5) is 0 Å². The summed E-state index contributed by atoms with van der Waals surface area (Å²) in [5, 5.41) is 2.02. The molecule has 0 aliphatic carbocycles. The number of thiazole rings is 1. The monoisotopic (exact) mass is 307 g/mol. The maximum absolute atomic E-state index is 4.07. The molecule has 1 aromatic heterocycles. The minimum atomic E-state index is 1.05. The van der Waals surface area contributed by atoms with Gasteiger partial charge < -0.3 is 0 Å². The molecule has 0 radical (unpaired) electrons. The van der Waals surface area contributed by atoms with E-state index in [0.29, 0.717) is 0 Å². The topological polar surface area (TPSA) is 12.9 Å². The van der Waals surface area contributed by atoms with Crippen LogP contribution >= 0.6 is 11.3 Å². The Morgan fingerprint density at radius 3 is 3.11 bits per heavy atom. The van der Waals surface area contributed by atoms with Crippen molar-refractivity contribution in [2.75, 3.05) is 0 Å². The van der Waals surface area contributed by atoms with Gasteiger partial charge in [0.25, 0.3) is 0 Å². The Labute approximate surface area is 68.8 Å². The summed E-state index contributed by atoms with van der Waals surface area (Å²) in [5.74, 6) is 0. The van der Waals surface area contributed by atoms with E-state index in [1.807, 2.05) is 23.0 Å². The number of aromatic nitrogens is 1. The summed E-state index contributed by atoms with van der Waals surface area (Å²) < 4.78 is 2.07. The SMILES string of the molecule is [W]=[CH]/C=C\c1cscn1. The molecule has 1 heterocycles. The molecule has 0 spiro atoms. The van der Waals surface area contributed by atoms with Gasteiger partial charge in [0.05, 0.1) is 0 Å². The number of hydrogen-bond acceptors (Lipinski definition) is 2. The summed E-state index contributed by atoms with van der Waals surface area (Å²) in [7, 11) is 0. The van der Waals surface area contributed by atoms with E-state index in [4.69, 9.17) is 0 Å². The second-order valence-corrected chi connectivity index (χ2v) is 3.10. The Morgan fingerprint density at radius 2 is 2.56 bits per heavy atom. The third-order valence-electron chi connectivity index (χ3n) is 0.797. The molecule has 0 unspecified atom stereocenters. The van der Waals surface area contributed by atoms with Gasteiger partial charge >= 0.3 is 68.8 Å². The molecule has 0 aromatic carbocycles. The van der Waals surface area contributed by atoms with Gasteiger partial charge in [-0.05, 0) is 0 Å². The molecule has 0 fully saturated rings. The zero-order valence-corrected chi connectivity index (χ0v) is 8.40. The van der Waals surface area contributed by atoms with Gasteiger partial charge in [0, 0.05) is 0 Å². The molecule has 0 saturated heterocycles. The van der Waals surface area contributed by atoms with Gasteiger partial charge in [0.1, 0.15) is 0 Å². The van der Waals surface area contributed by atoms with Crippen LogP contribution in [0.3, 0.4) is 0 Å². The van der Waals surface area contributed by atoms with Crippen LogP contribution in [0.1, 0.15) is 5.69 Å². The first-order valence-electron chi connectivity index (χ1n) is 2.43. The van der Waals surface area contributed by atoms with Gasteiger partial charge in [-0.2, -0.15) is 0 Å². The molecule has 0 atom stereocenters. The molecule has 0 N–H and O–H groups in total. The van der Waals surface area contributed by atoms with E-state index < -0.39 is 0 Å². The van der Waals surface area contributed by atoms with Gasteiger partial charge in [0.15, 0.2) is 0 Å². The summed E-state index contributed by atoms with van der Waals surface area (Å²) in [5.41, 5.74) is 2.89. The molecule has 46 valence electrons. The van der Waals surface area contributed by atoms with E-state index in [1.54, 1.807) is 11.3 Å². The molecule has 0 bridgehead atoms. The van der Waals surface area contributed by atoms with Crippen LogP contribution in [0.25, 0.3) is 6.08 Å². The van der Waals surface area contributed by atoms with E-state index in [9.17, 15) is 0 Å². The van der Waals surface area contributed by atoms with Crippen LogP contribution in [0.5, 0.6) is 0 Å². The van der Waals surface area contributed by atoms with Crippen molar-refractivity contribution in [1.82, 2.24) is 4.98 Å². The van der Waals surface area contributed by atoms with Crippen molar-refractivity contribution < 1.29 is 19.4 Å². The molecule has 1 nitrogen and oxygen atoms in total. The Kier molecular flexibility index (Phi) is 3.02. The number of allylic oxidation sites excluding steroid dienone is 1. The Morgan fingerprint density at radius 1 is 1.67 bits per heavy atom. The Hall–Kier alpha value is -0.0717. The van der Waals surface area contributed by atoms with Gasteiger partial charge in [-0.15, -0.1) is 0 Å². The number of hydrogen-bond donors (Lipinski definition) is 0. The number of rotatable bonds is 2. The van der Waals surface area contributed by atoms with Crippen LogP contribution < -0.4 is 0 Å². The Bertz CT molecular complexity index is 203. The molecule has 0 amide bonds. The minimum absolute atomic E-state index is 1.05. The van der Waals surface area contributed by atoms with Crippen molar-refractivity contribution in [3.8, 4) is 0 Å². The molecular weight excluding hydrogens is 302 g/mol. The van der Waals surface area contributed by atoms with Gasteiger partial charge in [-0.3, -0.25) is 0 Å². The zero-order valence-electron chi connectivity index (χ0n) is 4.65. The van der Waals surface area contributed by atoms with Crippen molar-refractivity contribution in [2.24, 2.45) is 0 Å². The van der Waals surface area contributed by atoms with E-state index in [0.717, 1.165) is 5.69 Å². The summed E-state index contributed by atoms with van der Waals surface area (Å²) in [6.07, 6.45) is 4.02. The van der Waals surface area contributed by atoms with Crippen molar-refractivity contribution in [2.45, 2.75) is 0 Å². The first-order chi connectivity index (χ1) is 4.43. The van der Waals surface area contributed by atoms with Crippen molar-refractivity contribution in [3.63, 3.8) is 0 Å². The van der Waals surface area contributed by atoms with E-state index in [1.165, 1.54) is 19.4 Å². The summed E-state index contributed by atoms with van der Waals surface area (Å²) in [6.45, 7) is 0. The molecule has 1 aromatic rings. The van der Waals surface area contributed by atoms with Crippen LogP contribution in [0.2, 0.25) is 0 Å². The van der Waals surface area contributed by atoms with Crippen molar-refractivity contribution in [3.05, 3.63) is 22.7 Å². The van der Waals surface area contributed by atoms with Crippen molar-refractivity contribution in [1.29, 1.82) is 0 Å². The van der Waals surface area contributed by atoms with Crippen molar-refractivity contribution >= 4 is 21.8 Å². The molecule has 0 aliphatic heterocycles. The number of nitrogens with zero attached hydrogens (tertiary/aromatic N) is 1. The first kappa shape index (κ1) is 7.04. The third kappa shape index (κ3) is 2.33. The molecule has 1 rings (SSSR count). The van der Waals surface area contributed by atoms with E-state index >= 15 is 0 Å². The first-order valence-corrected chi connectivity index (χ1v) is 5.07. The summed E-state index contributed by atoms with van der Waals surface area (Å²) in [4.78, 5) is 4.07. The molecule has 0 aliphatic rings. The standard InChI is InChI=1S/C6H5NS.W/c1-2-3-6-4-8-5-7-6;/h1-5H;/b3-2-;. The Balaban J connectivity index is 2.67. The quantitative estimate of drug-likeness (QED) is 0.807. The zero-order chi connectivity index (χ0) is 6.53. The fraction of sp³-hybridized carbons (Fsp3) is 0. The predicted octanol–water partition coefficient (Wildman–Crippen LogP) is 1.51. The predicted molar refractivity (Wildman–Crippen MR) is 37.2 cm³/mol. The van der Waals surface area contributed by atoms with Crippen LogP contribution in [-0.4, -0.2) is 9.38 Å². The van der Waals surface area contributed by atoms with Gasteiger partial charge in [-0.25, -0.2) is 0 Å². The summed E-state index contributed by atoms with van der Waals surface area (Å²) >= 11 is 3.09. The van der Waals surface area contributed by atoms with Crippen LogP contribution in [0.15, 0.2) is 17.0 Å². The second-order valence-electron chi connectivity index (χ2n) is 1.41. The second kappa shape index (κ2) is 3.86. The maximum atomic E-state index is 4.07. The van der Waals surface area contributed by atoms with E-state index in [-0.39, 0.29) is 0 Å². The normalized spacial score (nSPS) is 10.2. The molecule has 3 heteroatoms. The molecule has 0 saturated carbocycles. The average Bonchev–Trinajstić information content (AvgIpc) is 2.34. The average molecular weight is 307 g/mol. The molecular formula is C6H5NSW. The summed E-state index contributed by atoms with van der Waals surface area (Å²) in [6, 6.07) is 0. The van der Waals surface area contributed by atoms with Gasteiger partial charge in [0.2, 0.25) is 0 Å². The van der Waals surface area contributed by atoms with Crippen LogP contribution in [0, 0.1) is 0 Å². The third-order valence-corrected chi connectivity index (χ3v) is 1.97.